The topological polar surface area (TPSA) is 46.5 Å². The smallest absolute Gasteiger partial charge is 0.308 e. The molecule has 1 rings (SSSR count). The van der Waals surface area contributed by atoms with Crippen molar-refractivity contribution in [3.63, 3.8) is 0 Å². The highest BCUT2D eigenvalue weighted by atomic mass is 19.1. The van der Waals surface area contributed by atoms with Crippen LogP contribution >= 0.6 is 0 Å². The minimum atomic E-state index is -0.804. The van der Waals surface area contributed by atoms with E-state index >= 15 is 0 Å². The number of carbonyl (C=O) groups excluding carboxylic acids is 1. The van der Waals surface area contributed by atoms with Crippen LogP contribution in [0.2, 0.25) is 0 Å². The molecule has 0 fully saturated rings. The number of hydrogen-bond acceptors (Lipinski definition) is 3. The van der Waals surface area contributed by atoms with Crippen molar-refractivity contribution in [1.29, 1.82) is 0 Å². The minimum absolute atomic E-state index is 0.0763. The number of aliphatic hydroxyl groups is 1. The van der Waals surface area contributed by atoms with Gasteiger partial charge >= 0.3 is 5.97 Å². The van der Waals surface area contributed by atoms with Crippen molar-refractivity contribution in [2.45, 2.75) is 19.4 Å². The second kappa shape index (κ2) is 5.46. The molecule has 82 valence electrons. The van der Waals surface area contributed by atoms with Crippen LogP contribution in [0, 0.1) is 0 Å². The van der Waals surface area contributed by atoms with Crippen LogP contribution in [0.25, 0.3) is 0 Å². The highest BCUT2D eigenvalue weighted by Gasteiger charge is 2.07. The van der Waals surface area contributed by atoms with Gasteiger partial charge in [0.2, 0.25) is 0 Å². The van der Waals surface area contributed by atoms with Gasteiger partial charge in [0.15, 0.2) is 0 Å². The Balaban J connectivity index is 2.67. The fourth-order valence-corrected chi connectivity index (χ4v) is 1.19. The zero-order valence-corrected chi connectivity index (χ0v) is 8.44. The van der Waals surface area contributed by atoms with E-state index < -0.39 is 18.7 Å². The van der Waals surface area contributed by atoms with E-state index in [0.717, 1.165) is 0 Å². The lowest BCUT2D eigenvalue weighted by Crippen LogP contribution is -2.02. The molecule has 0 bridgehead atoms. The van der Waals surface area contributed by atoms with Crippen molar-refractivity contribution in [2.24, 2.45) is 0 Å². The summed E-state index contributed by atoms with van der Waals surface area (Å²) in [6.45, 7) is 0.749. The van der Waals surface area contributed by atoms with Gasteiger partial charge in [0.1, 0.15) is 5.75 Å². The van der Waals surface area contributed by atoms with Gasteiger partial charge in [-0.1, -0.05) is 12.1 Å². The van der Waals surface area contributed by atoms with Gasteiger partial charge in [-0.2, -0.15) is 0 Å². The summed E-state index contributed by atoms with van der Waals surface area (Å²) >= 11 is 0. The fourth-order valence-electron chi connectivity index (χ4n) is 1.19. The maximum Gasteiger partial charge on any atom is 0.308 e. The number of ether oxygens (including phenoxy) is 1. The summed E-state index contributed by atoms with van der Waals surface area (Å²) in [5, 5.41) is 9.45. The van der Waals surface area contributed by atoms with Gasteiger partial charge in [-0.05, 0) is 17.7 Å². The monoisotopic (exact) mass is 212 g/mol. The number of rotatable bonds is 4. The Bertz CT molecular complexity index is 321. The van der Waals surface area contributed by atoms with E-state index in [-0.39, 0.29) is 6.42 Å². The molecule has 1 aromatic rings. The second-order valence-corrected chi connectivity index (χ2v) is 3.16. The van der Waals surface area contributed by atoms with Crippen molar-refractivity contribution in [1.82, 2.24) is 0 Å². The van der Waals surface area contributed by atoms with E-state index in [9.17, 15) is 14.3 Å². The van der Waals surface area contributed by atoms with Crippen LogP contribution in [0.15, 0.2) is 24.3 Å². The molecule has 0 radical (unpaired) electrons. The zero-order valence-electron chi connectivity index (χ0n) is 8.44. The summed E-state index contributed by atoms with van der Waals surface area (Å²) in [4.78, 5) is 10.6. The lowest BCUT2D eigenvalue weighted by Gasteiger charge is -2.09. The molecule has 0 aliphatic rings. The van der Waals surface area contributed by atoms with Crippen LogP contribution in [0.4, 0.5) is 4.39 Å². The summed E-state index contributed by atoms with van der Waals surface area (Å²) < 4.78 is 16.8. The quantitative estimate of drug-likeness (QED) is 0.613. The Morgan fingerprint density at radius 2 is 2.07 bits per heavy atom. The highest BCUT2D eigenvalue weighted by molar-refractivity contribution is 5.69. The predicted octanol–water partition coefficient (Wildman–Crippen LogP) is 2.00. The molecule has 1 unspecified atom stereocenters. The van der Waals surface area contributed by atoms with Crippen LogP contribution in [0.5, 0.6) is 5.75 Å². The third-order valence-corrected chi connectivity index (χ3v) is 1.91. The molecule has 1 aromatic carbocycles. The standard InChI is InChI=1S/C11H13FO3/c1-8(13)15-10-4-2-9(3-5-10)11(14)6-7-12/h2-5,11,14H,6-7H2,1H3. The lowest BCUT2D eigenvalue weighted by molar-refractivity contribution is -0.131. The average molecular weight is 212 g/mol. The molecule has 0 spiro atoms. The molecule has 0 saturated heterocycles. The third kappa shape index (κ3) is 3.67. The Kier molecular flexibility index (Phi) is 4.24. The van der Waals surface area contributed by atoms with Crippen LogP contribution in [-0.4, -0.2) is 17.8 Å². The molecule has 0 aliphatic carbocycles. The van der Waals surface area contributed by atoms with Gasteiger partial charge in [0.25, 0.3) is 0 Å². The molecule has 4 heteroatoms. The third-order valence-electron chi connectivity index (χ3n) is 1.91. The number of carbonyl (C=O) groups is 1. The summed E-state index contributed by atoms with van der Waals surface area (Å²) in [5.74, 6) is 0.0192. The van der Waals surface area contributed by atoms with E-state index in [1.807, 2.05) is 0 Å². The van der Waals surface area contributed by atoms with Gasteiger partial charge in [-0.15, -0.1) is 0 Å². The van der Waals surface area contributed by atoms with Gasteiger partial charge in [0, 0.05) is 13.3 Å². The molecule has 15 heavy (non-hydrogen) atoms. The van der Waals surface area contributed by atoms with Crippen molar-refractivity contribution in [2.75, 3.05) is 6.67 Å². The molecule has 0 heterocycles. The number of halogens is 1. The maximum absolute atomic E-state index is 12.0. The van der Waals surface area contributed by atoms with Crippen LogP contribution in [0.3, 0.4) is 0 Å². The Labute approximate surface area is 87.5 Å². The van der Waals surface area contributed by atoms with E-state index in [0.29, 0.717) is 11.3 Å². The second-order valence-electron chi connectivity index (χ2n) is 3.16. The van der Waals surface area contributed by atoms with Crippen LogP contribution in [-0.2, 0) is 4.79 Å². The predicted molar refractivity (Wildman–Crippen MR) is 53.3 cm³/mol. The molecule has 1 N–H and O–H groups in total. The van der Waals surface area contributed by atoms with E-state index in [1.54, 1.807) is 24.3 Å². The van der Waals surface area contributed by atoms with Gasteiger partial charge in [-0.3, -0.25) is 9.18 Å². The fraction of sp³-hybridized carbons (Fsp3) is 0.364. The first-order valence-electron chi connectivity index (χ1n) is 4.66. The largest absolute Gasteiger partial charge is 0.427 e. The van der Waals surface area contributed by atoms with Crippen molar-refractivity contribution in [3.8, 4) is 5.75 Å². The first-order valence-corrected chi connectivity index (χ1v) is 4.66. The van der Waals surface area contributed by atoms with Crippen LogP contribution in [0.1, 0.15) is 25.0 Å². The van der Waals surface area contributed by atoms with E-state index in [1.165, 1.54) is 6.92 Å². The average Bonchev–Trinajstić information content (AvgIpc) is 2.18. The molecular formula is C11H13FO3. The van der Waals surface area contributed by atoms with Crippen molar-refractivity contribution < 1.29 is 19.0 Å². The van der Waals surface area contributed by atoms with Gasteiger partial charge < -0.3 is 9.84 Å². The van der Waals surface area contributed by atoms with Crippen molar-refractivity contribution >= 4 is 5.97 Å². The number of esters is 1. The summed E-state index contributed by atoms with van der Waals surface area (Å²) in [5.41, 5.74) is 0.614. The summed E-state index contributed by atoms with van der Waals surface area (Å²) in [6, 6.07) is 6.35. The normalized spacial score (nSPS) is 12.2. The van der Waals surface area contributed by atoms with Gasteiger partial charge in [0.05, 0.1) is 12.8 Å². The molecular weight excluding hydrogens is 199 g/mol. The number of hydrogen-bond donors (Lipinski definition) is 1. The first kappa shape index (κ1) is 11.7. The van der Waals surface area contributed by atoms with E-state index in [4.69, 9.17) is 4.74 Å². The van der Waals surface area contributed by atoms with Crippen molar-refractivity contribution in [3.05, 3.63) is 29.8 Å². The molecule has 3 nitrogen and oxygen atoms in total. The molecule has 0 amide bonds. The minimum Gasteiger partial charge on any atom is -0.427 e. The SMILES string of the molecule is CC(=O)Oc1ccc(C(O)CCF)cc1. The van der Waals surface area contributed by atoms with Gasteiger partial charge in [-0.25, -0.2) is 0 Å². The Morgan fingerprint density at radius 3 is 2.53 bits per heavy atom. The van der Waals surface area contributed by atoms with Crippen LogP contribution < -0.4 is 4.74 Å². The number of aliphatic hydroxyl groups excluding tert-OH is 1. The highest BCUT2D eigenvalue weighted by Crippen LogP contribution is 2.20. The molecule has 0 aliphatic heterocycles. The molecule has 0 saturated carbocycles. The summed E-state index contributed by atoms with van der Waals surface area (Å²) in [6.07, 6.45) is -0.728. The maximum atomic E-state index is 12.0. The Morgan fingerprint density at radius 1 is 1.47 bits per heavy atom. The molecule has 0 aromatic heterocycles. The zero-order chi connectivity index (χ0) is 11.3. The van der Waals surface area contributed by atoms with E-state index in [2.05, 4.69) is 0 Å². The summed E-state index contributed by atoms with van der Waals surface area (Å²) in [7, 11) is 0. The number of alkyl halides is 1. The first-order chi connectivity index (χ1) is 7.13. The number of benzene rings is 1. The molecule has 1 atom stereocenters. The lowest BCUT2D eigenvalue weighted by atomic mass is 10.1. The Hall–Kier alpha value is -1.42.